The first-order chi connectivity index (χ1) is 15.0. The van der Waals surface area contributed by atoms with Crippen molar-refractivity contribution < 1.29 is 34.1 Å². The molecule has 0 radical (unpaired) electrons. The maximum atomic E-state index is 12.8. The Morgan fingerprint density at radius 1 is 1.13 bits per heavy atom. The molecule has 0 unspecified atom stereocenters. The highest BCUT2D eigenvalue weighted by atomic mass is 16.6. The van der Waals surface area contributed by atoms with Crippen molar-refractivity contribution in [3.8, 4) is 0 Å². The summed E-state index contributed by atoms with van der Waals surface area (Å²) in [4.78, 5) is 38.3. The number of carbonyl (C=O) groups is 3. The SMILES string of the molecule is O=C(CN1CCOC1=O)N1CC[C@](O)(c2ccccc2)[C@H](N2CCOCC2)C1.O=CO. The van der Waals surface area contributed by atoms with Gasteiger partial charge < -0.3 is 24.6 Å². The zero-order chi connectivity index (χ0) is 22.3. The first kappa shape index (κ1) is 23.0. The Morgan fingerprint density at radius 3 is 2.42 bits per heavy atom. The summed E-state index contributed by atoms with van der Waals surface area (Å²) < 4.78 is 10.4. The molecular formula is C21H29N3O7. The molecule has 10 nitrogen and oxygen atoms in total. The number of benzene rings is 1. The molecule has 3 fully saturated rings. The Hall–Kier alpha value is -2.69. The van der Waals surface area contributed by atoms with Gasteiger partial charge in [0.05, 0.1) is 25.8 Å². The van der Waals surface area contributed by atoms with Crippen LogP contribution in [-0.2, 0) is 24.7 Å². The van der Waals surface area contributed by atoms with E-state index >= 15 is 0 Å². The molecule has 0 bridgehead atoms. The Balaban J connectivity index is 0.000000858. The van der Waals surface area contributed by atoms with Crippen LogP contribution in [0.2, 0.25) is 0 Å². The van der Waals surface area contributed by atoms with Gasteiger partial charge in [0.15, 0.2) is 0 Å². The molecule has 2 atom stereocenters. The molecule has 2 amide bonds. The second-order valence-electron chi connectivity index (χ2n) is 7.69. The van der Waals surface area contributed by atoms with Gasteiger partial charge in [-0.15, -0.1) is 0 Å². The van der Waals surface area contributed by atoms with Gasteiger partial charge in [-0.3, -0.25) is 19.4 Å². The van der Waals surface area contributed by atoms with E-state index in [0.717, 1.165) is 18.7 Å². The molecule has 0 spiro atoms. The van der Waals surface area contributed by atoms with E-state index in [2.05, 4.69) is 4.90 Å². The zero-order valence-electron chi connectivity index (χ0n) is 17.4. The van der Waals surface area contributed by atoms with Gasteiger partial charge in [-0.1, -0.05) is 30.3 Å². The molecule has 0 saturated carbocycles. The van der Waals surface area contributed by atoms with Crippen molar-refractivity contribution >= 4 is 18.5 Å². The predicted molar refractivity (Wildman–Crippen MR) is 109 cm³/mol. The summed E-state index contributed by atoms with van der Waals surface area (Å²) in [6.07, 6.45) is 0.0192. The van der Waals surface area contributed by atoms with E-state index in [1.54, 1.807) is 4.90 Å². The van der Waals surface area contributed by atoms with E-state index in [1.165, 1.54) is 4.90 Å². The fourth-order valence-corrected chi connectivity index (χ4v) is 4.35. The second kappa shape index (κ2) is 10.6. The zero-order valence-corrected chi connectivity index (χ0v) is 17.4. The smallest absolute Gasteiger partial charge is 0.410 e. The van der Waals surface area contributed by atoms with Gasteiger partial charge in [-0.25, -0.2) is 4.79 Å². The van der Waals surface area contributed by atoms with Gasteiger partial charge in [0.2, 0.25) is 5.91 Å². The lowest BCUT2D eigenvalue weighted by molar-refractivity contribution is -0.148. The molecule has 1 aromatic rings. The molecule has 10 heteroatoms. The number of aliphatic hydroxyl groups is 1. The number of hydrogen-bond acceptors (Lipinski definition) is 7. The molecule has 3 aliphatic heterocycles. The fourth-order valence-electron chi connectivity index (χ4n) is 4.35. The molecule has 3 aliphatic rings. The van der Waals surface area contributed by atoms with Gasteiger partial charge in [-0.05, 0) is 12.0 Å². The van der Waals surface area contributed by atoms with E-state index in [4.69, 9.17) is 19.4 Å². The van der Waals surface area contributed by atoms with Gasteiger partial charge in [0, 0.05) is 26.2 Å². The van der Waals surface area contributed by atoms with Crippen molar-refractivity contribution in [3.63, 3.8) is 0 Å². The molecule has 3 saturated heterocycles. The van der Waals surface area contributed by atoms with Crippen LogP contribution in [0.25, 0.3) is 0 Å². The molecule has 31 heavy (non-hydrogen) atoms. The van der Waals surface area contributed by atoms with Crippen molar-refractivity contribution in [3.05, 3.63) is 35.9 Å². The number of amides is 2. The van der Waals surface area contributed by atoms with Crippen molar-refractivity contribution in [1.29, 1.82) is 0 Å². The normalized spacial score (nSPS) is 26.6. The number of piperidine rings is 1. The molecule has 4 rings (SSSR count). The highest BCUT2D eigenvalue weighted by Gasteiger charge is 2.47. The van der Waals surface area contributed by atoms with E-state index in [1.807, 2.05) is 30.3 Å². The minimum absolute atomic E-state index is 0.0262. The van der Waals surface area contributed by atoms with Crippen molar-refractivity contribution in [2.45, 2.75) is 18.1 Å². The summed E-state index contributed by atoms with van der Waals surface area (Å²) in [6, 6.07) is 9.48. The second-order valence-corrected chi connectivity index (χ2v) is 7.69. The van der Waals surface area contributed by atoms with Crippen LogP contribution in [-0.4, -0.2) is 109 Å². The molecule has 2 N–H and O–H groups in total. The third-order valence-corrected chi connectivity index (χ3v) is 5.99. The molecule has 0 aromatic heterocycles. The van der Waals surface area contributed by atoms with Crippen molar-refractivity contribution in [1.82, 2.24) is 14.7 Å². The number of ether oxygens (including phenoxy) is 2. The first-order valence-corrected chi connectivity index (χ1v) is 10.4. The number of rotatable bonds is 4. The number of nitrogens with zero attached hydrogens (tertiary/aromatic N) is 3. The standard InChI is InChI=1S/C20H27N3O5.CH2O2/c24-18(15-23-10-13-28-19(23)25)22-7-6-20(26,16-4-2-1-3-5-16)17(14-22)21-8-11-27-12-9-21;2-1-3/h1-5,17,26H,6-15H2;1H,(H,2,3)/t17-,20+;/m1./s1. The molecule has 170 valence electrons. The largest absolute Gasteiger partial charge is 0.483 e. The van der Waals surface area contributed by atoms with E-state index in [0.29, 0.717) is 45.9 Å². The monoisotopic (exact) mass is 435 g/mol. The number of carbonyl (C=O) groups excluding carboxylic acids is 2. The molecule has 3 heterocycles. The minimum atomic E-state index is -1.03. The van der Waals surface area contributed by atoms with Crippen molar-refractivity contribution in [2.24, 2.45) is 0 Å². The molecular weight excluding hydrogens is 406 g/mol. The lowest BCUT2D eigenvalue weighted by Crippen LogP contribution is -2.63. The molecule has 1 aromatic carbocycles. The van der Waals surface area contributed by atoms with Gasteiger partial charge >= 0.3 is 6.09 Å². The number of morpholine rings is 1. The average Bonchev–Trinajstić information content (AvgIpc) is 3.20. The topological polar surface area (TPSA) is 120 Å². The van der Waals surface area contributed by atoms with Gasteiger partial charge in [0.25, 0.3) is 6.47 Å². The van der Waals surface area contributed by atoms with Crippen LogP contribution in [0, 0.1) is 0 Å². The van der Waals surface area contributed by atoms with Crippen LogP contribution >= 0.6 is 0 Å². The Morgan fingerprint density at radius 2 is 1.81 bits per heavy atom. The predicted octanol–water partition coefficient (Wildman–Crippen LogP) is -0.0397. The van der Waals surface area contributed by atoms with Crippen LogP contribution < -0.4 is 0 Å². The average molecular weight is 435 g/mol. The Bertz CT molecular complexity index is 757. The summed E-state index contributed by atoms with van der Waals surface area (Å²) in [5.74, 6) is -0.104. The van der Waals surface area contributed by atoms with Crippen molar-refractivity contribution in [2.75, 3.05) is 59.1 Å². The third-order valence-electron chi connectivity index (χ3n) is 5.99. The summed E-state index contributed by atoms with van der Waals surface area (Å²) in [7, 11) is 0. The van der Waals surface area contributed by atoms with E-state index < -0.39 is 11.7 Å². The van der Waals surface area contributed by atoms with E-state index in [9.17, 15) is 14.7 Å². The van der Waals surface area contributed by atoms with Crippen LogP contribution in [0.15, 0.2) is 30.3 Å². The summed E-state index contributed by atoms with van der Waals surface area (Å²) in [5.41, 5.74) is -0.149. The van der Waals surface area contributed by atoms with Crippen LogP contribution in [0.1, 0.15) is 12.0 Å². The minimum Gasteiger partial charge on any atom is -0.483 e. The molecule has 0 aliphatic carbocycles. The van der Waals surface area contributed by atoms with Crippen LogP contribution in [0.4, 0.5) is 4.79 Å². The summed E-state index contributed by atoms with van der Waals surface area (Å²) in [6.45, 7) is 4.11. The summed E-state index contributed by atoms with van der Waals surface area (Å²) in [5, 5.41) is 18.6. The number of cyclic esters (lactones) is 1. The highest BCUT2D eigenvalue weighted by Crippen LogP contribution is 2.36. The lowest BCUT2D eigenvalue weighted by atomic mass is 9.79. The first-order valence-electron chi connectivity index (χ1n) is 10.4. The fraction of sp³-hybridized carbons (Fsp3) is 0.571. The van der Waals surface area contributed by atoms with Gasteiger partial charge in [-0.2, -0.15) is 0 Å². The highest BCUT2D eigenvalue weighted by molar-refractivity contribution is 5.83. The maximum Gasteiger partial charge on any atom is 0.410 e. The lowest BCUT2D eigenvalue weighted by Gasteiger charge is -2.50. The van der Waals surface area contributed by atoms with Crippen LogP contribution in [0.5, 0.6) is 0 Å². The summed E-state index contributed by atoms with van der Waals surface area (Å²) >= 11 is 0. The van der Waals surface area contributed by atoms with E-state index in [-0.39, 0.29) is 25.0 Å². The van der Waals surface area contributed by atoms with Gasteiger partial charge in [0.1, 0.15) is 18.8 Å². The number of hydrogen-bond donors (Lipinski definition) is 2. The Labute approximate surface area is 180 Å². The van der Waals surface area contributed by atoms with Crippen LogP contribution in [0.3, 0.4) is 0 Å². The quantitative estimate of drug-likeness (QED) is 0.633. The number of carboxylic acid groups (broad SMARTS) is 1. The number of likely N-dealkylation sites (tertiary alicyclic amines) is 1. The maximum absolute atomic E-state index is 12.8. The Kier molecular flexibility index (Phi) is 7.83. The third kappa shape index (κ3) is 5.33.